The Bertz CT molecular complexity index is 297. The molecular formula is C11H14O2. The van der Waals surface area contributed by atoms with E-state index in [1.807, 2.05) is 12.1 Å². The molecule has 2 heteroatoms. The second-order valence-electron chi connectivity index (χ2n) is 3.51. The van der Waals surface area contributed by atoms with Gasteiger partial charge in [-0.25, -0.2) is 0 Å². The molecule has 0 atom stereocenters. The quantitative estimate of drug-likeness (QED) is 0.688. The highest BCUT2D eigenvalue weighted by Gasteiger charge is 2.41. The molecule has 1 heterocycles. The second kappa shape index (κ2) is 3.13. The maximum atomic E-state index is 5.52. The van der Waals surface area contributed by atoms with Crippen LogP contribution in [0.15, 0.2) is 24.3 Å². The van der Waals surface area contributed by atoms with Crippen molar-refractivity contribution in [2.45, 2.75) is 12.5 Å². The van der Waals surface area contributed by atoms with Crippen LogP contribution in [0.2, 0.25) is 0 Å². The minimum Gasteiger partial charge on any atom is -0.375 e. The van der Waals surface area contributed by atoms with Crippen LogP contribution in [0.3, 0.4) is 0 Å². The molecular weight excluding hydrogens is 164 g/mol. The SMILES string of the molecule is COC1(c2ccccc2C)COC1. The van der Waals surface area contributed by atoms with Crippen LogP contribution in [-0.2, 0) is 15.1 Å². The zero-order valence-electron chi connectivity index (χ0n) is 8.04. The number of ether oxygens (including phenoxy) is 2. The van der Waals surface area contributed by atoms with Gasteiger partial charge < -0.3 is 9.47 Å². The average Bonchev–Trinajstić information content (AvgIpc) is 2.07. The average molecular weight is 178 g/mol. The molecule has 0 spiro atoms. The molecule has 70 valence electrons. The van der Waals surface area contributed by atoms with Gasteiger partial charge in [0.2, 0.25) is 0 Å². The van der Waals surface area contributed by atoms with Crippen molar-refractivity contribution < 1.29 is 9.47 Å². The lowest BCUT2D eigenvalue weighted by atomic mass is 9.88. The Kier molecular flexibility index (Phi) is 2.10. The van der Waals surface area contributed by atoms with E-state index in [1.54, 1.807) is 7.11 Å². The summed E-state index contributed by atoms with van der Waals surface area (Å²) in [6.45, 7) is 3.46. The lowest BCUT2D eigenvalue weighted by Gasteiger charge is -2.41. The molecule has 0 saturated carbocycles. The number of benzene rings is 1. The van der Waals surface area contributed by atoms with Gasteiger partial charge in [0, 0.05) is 7.11 Å². The van der Waals surface area contributed by atoms with Crippen molar-refractivity contribution in [3.05, 3.63) is 35.4 Å². The summed E-state index contributed by atoms with van der Waals surface area (Å²) in [7, 11) is 1.74. The Morgan fingerprint density at radius 1 is 1.31 bits per heavy atom. The van der Waals surface area contributed by atoms with Crippen molar-refractivity contribution in [2.75, 3.05) is 20.3 Å². The van der Waals surface area contributed by atoms with Crippen molar-refractivity contribution >= 4 is 0 Å². The Balaban J connectivity index is 2.38. The van der Waals surface area contributed by atoms with E-state index in [0.717, 1.165) is 0 Å². The summed E-state index contributed by atoms with van der Waals surface area (Å²) in [5.74, 6) is 0. The molecule has 0 N–H and O–H groups in total. The van der Waals surface area contributed by atoms with E-state index in [4.69, 9.17) is 9.47 Å². The maximum Gasteiger partial charge on any atom is 0.139 e. The summed E-state index contributed by atoms with van der Waals surface area (Å²) in [6, 6.07) is 8.30. The summed E-state index contributed by atoms with van der Waals surface area (Å²) in [4.78, 5) is 0. The highest BCUT2D eigenvalue weighted by atomic mass is 16.6. The van der Waals surface area contributed by atoms with Gasteiger partial charge in [0.25, 0.3) is 0 Å². The van der Waals surface area contributed by atoms with Crippen LogP contribution in [0, 0.1) is 6.92 Å². The van der Waals surface area contributed by atoms with Gasteiger partial charge in [0.1, 0.15) is 5.60 Å². The van der Waals surface area contributed by atoms with E-state index in [2.05, 4.69) is 19.1 Å². The molecule has 1 aliphatic rings. The summed E-state index contributed by atoms with van der Waals surface area (Å²) in [5.41, 5.74) is 2.35. The first-order valence-electron chi connectivity index (χ1n) is 4.47. The second-order valence-corrected chi connectivity index (χ2v) is 3.51. The van der Waals surface area contributed by atoms with E-state index in [0.29, 0.717) is 13.2 Å². The topological polar surface area (TPSA) is 18.5 Å². The first kappa shape index (κ1) is 8.73. The summed E-state index contributed by atoms with van der Waals surface area (Å²) in [5, 5.41) is 0. The predicted octanol–water partition coefficient (Wildman–Crippen LogP) is 1.87. The molecule has 0 unspecified atom stereocenters. The third-order valence-corrected chi connectivity index (χ3v) is 2.70. The molecule has 2 rings (SSSR count). The van der Waals surface area contributed by atoms with Gasteiger partial charge in [-0.05, 0) is 18.1 Å². The normalized spacial score (nSPS) is 19.5. The Hall–Kier alpha value is -0.860. The fraction of sp³-hybridized carbons (Fsp3) is 0.455. The maximum absolute atomic E-state index is 5.52. The number of aryl methyl sites for hydroxylation is 1. The van der Waals surface area contributed by atoms with Crippen LogP contribution in [0.1, 0.15) is 11.1 Å². The third kappa shape index (κ3) is 1.26. The van der Waals surface area contributed by atoms with Crippen LogP contribution in [0.25, 0.3) is 0 Å². The van der Waals surface area contributed by atoms with E-state index < -0.39 is 0 Å². The van der Waals surface area contributed by atoms with Crippen LogP contribution in [-0.4, -0.2) is 20.3 Å². The smallest absolute Gasteiger partial charge is 0.139 e. The number of rotatable bonds is 2. The monoisotopic (exact) mass is 178 g/mol. The Labute approximate surface area is 78.5 Å². The van der Waals surface area contributed by atoms with Gasteiger partial charge in [-0.15, -0.1) is 0 Å². The summed E-state index contributed by atoms with van der Waals surface area (Å²) >= 11 is 0. The Morgan fingerprint density at radius 2 is 2.00 bits per heavy atom. The molecule has 0 radical (unpaired) electrons. The predicted molar refractivity (Wildman–Crippen MR) is 50.7 cm³/mol. The standard InChI is InChI=1S/C11H14O2/c1-9-5-3-4-6-10(9)11(12-2)7-13-8-11/h3-6H,7-8H2,1-2H3. The molecule has 1 aromatic rings. The van der Waals surface area contributed by atoms with Gasteiger partial charge >= 0.3 is 0 Å². The molecule has 13 heavy (non-hydrogen) atoms. The fourth-order valence-electron chi connectivity index (χ4n) is 1.75. The van der Waals surface area contributed by atoms with E-state index in [1.165, 1.54) is 11.1 Å². The van der Waals surface area contributed by atoms with Gasteiger partial charge in [0.05, 0.1) is 13.2 Å². The van der Waals surface area contributed by atoms with Gasteiger partial charge in [-0.1, -0.05) is 24.3 Å². The van der Waals surface area contributed by atoms with Crippen molar-refractivity contribution in [2.24, 2.45) is 0 Å². The lowest BCUT2D eigenvalue weighted by Crippen LogP contribution is -2.48. The zero-order chi connectivity index (χ0) is 9.31. The van der Waals surface area contributed by atoms with Gasteiger partial charge in [-0.2, -0.15) is 0 Å². The summed E-state index contributed by atoms with van der Waals surface area (Å²) in [6.07, 6.45) is 0. The first-order chi connectivity index (χ1) is 6.28. The lowest BCUT2D eigenvalue weighted by molar-refractivity contribution is -0.202. The first-order valence-corrected chi connectivity index (χ1v) is 4.47. The molecule has 2 nitrogen and oxygen atoms in total. The highest BCUT2D eigenvalue weighted by Crippen LogP contribution is 2.34. The number of methoxy groups -OCH3 is 1. The van der Waals surface area contributed by atoms with Gasteiger partial charge in [-0.3, -0.25) is 0 Å². The van der Waals surface area contributed by atoms with Gasteiger partial charge in [0.15, 0.2) is 0 Å². The molecule has 1 aromatic carbocycles. The molecule has 0 amide bonds. The van der Waals surface area contributed by atoms with Crippen LogP contribution >= 0.6 is 0 Å². The fourth-order valence-corrected chi connectivity index (χ4v) is 1.75. The van der Waals surface area contributed by atoms with E-state index in [-0.39, 0.29) is 5.60 Å². The molecule has 0 bridgehead atoms. The van der Waals surface area contributed by atoms with E-state index >= 15 is 0 Å². The largest absolute Gasteiger partial charge is 0.375 e. The third-order valence-electron chi connectivity index (χ3n) is 2.70. The summed E-state index contributed by atoms with van der Waals surface area (Å²) < 4.78 is 10.7. The minimum absolute atomic E-state index is 0.175. The van der Waals surface area contributed by atoms with Crippen molar-refractivity contribution in [1.29, 1.82) is 0 Å². The molecule has 0 aromatic heterocycles. The highest BCUT2D eigenvalue weighted by molar-refractivity contribution is 5.33. The van der Waals surface area contributed by atoms with Crippen molar-refractivity contribution in [1.82, 2.24) is 0 Å². The van der Waals surface area contributed by atoms with Crippen LogP contribution < -0.4 is 0 Å². The van der Waals surface area contributed by atoms with Crippen LogP contribution in [0.5, 0.6) is 0 Å². The minimum atomic E-state index is -0.175. The van der Waals surface area contributed by atoms with Crippen molar-refractivity contribution in [3.8, 4) is 0 Å². The molecule has 1 fully saturated rings. The number of hydrogen-bond donors (Lipinski definition) is 0. The van der Waals surface area contributed by atoms with E-state index in [9.17, 15) is 0 Å². The molecule has 1 saturated heterocycles. The zero-order valence-corrected chi connectivity index (χ0v) is 8.04. The Morgan fingerprint density at radius 3 is 2.46 bits per heavy atom. The van der Waals surface area contributed by atoms with Crippen molar-refractivity contribution in [3.63, 3.8) is 0 Å². The number of hydrogen-bond acceptors (Lipinski definition) is 2. The van der Waals surface area contributed by atoms with Crippen LogP contribution in [0.4, 0.5) is 0 Å². The molecule has 0 aliphatic carbocycles. The molecule has 1 aliphatic heterocycles.